The number of anilines is 1. The van der Waals surface area contributed by atoms with Crippen molar-refractivity contribution in [2.75, 3.05) is 31.2 Å². The molecule has 1 aromatic carbocycles. The van der Waals surface area contributed by atoms with Crippen LogP contribution in [0.4, 0.5) is 5.82 Å². The van der Waals surface area contributed by atoms with Crippen LogP contribution in [0, 0.1) is 0 Å². The van der Waals surface area contributed by atoms with Gasteiger partial charge in [-0.15, -0.1) is 21.5 Å². The van der Waals surface area contributed by atoms with Gasteiger partial charge in [-0.25, -0.2) is 4.98 Å². The number of benzene rings is 1. The van der Waals surface area contributed by atoms with Crippen molar-refractivity contribution in [1.82, 2.24) is 15.2 Å². The van der Waals surface area contributed by atoms with Crippen LogP contribution in [0.2, 0.25) is 5.02 Å². The van der Waals surface area contributed by atoms with E-state index in [1.54, 1.807) is 11.3 Å². The lowest BCUT2D eigenvalue weighted by molar-refractivity contribution is 0.122. The fourth-order valence-electron chi connectivity index (χ4n) is 2.61. The van der Waals surface area contributed by atoms with E-state index in [2.05, 4.69) is 15.1 Å². The van der Waals surface area contributed by atoms with Crippen molar-refractivity contribution in [2.24, 2.45) is 0 Å². The molecule has 1 saturated heterocycles. The number of thiophene rings is 1. The Morgan fingerprint density at radius 1 is 1.04 bits per heavy atom. The molecule has 1 aliphatic heterocycles. The van der Waals surface area contributed by atoms with Gasteiger partial charge in [0.2, 0.25) is 0 Å². The zero-order valence-corrected chi connectivity index (χ0v) is 14.4. The van der Waals surface area contributed by atoms with E-state index in [1.165, 1.54) is 0 Å². The van der Waals surface area contributed by atoms with Crippen LogP contribution in [0.5, 0.6) is 0 Å². The summed E-state index contributed by atoms with van der Waals surface area (Å²) in [5.74, 6) is 1.47. The highest BCUT2D eigenvalue weighted by Crippen LogP contribution is 2.32. The Labute approximate surface area is 148 Å². The summed E-state index contributed by atoms with van der Waals surface area (Å²) in [4.78, 5) is 8.10. The Kier molecular flexibility index (Phi) is 4.42. The summed E-state index contributed by atoms with van der Waals surface area (Å²) < 4.78 is 5.46. The zero-order valence-electron chi connectivity index (χ0n) is 12.9. The van der Waals surface area contributed by atoms with Crippen molar-refractivity contribution in [1.29, 1.82) is 0 Å². The summed E-state index contributed by atoms with van der Waals surface area (Å²) in [7, 11) is 0. The SMILES string of the molecule is Clc1ccc(-c2nnc(-c3cccs3)c(N3CCOCC3)n2)cc1. The molecule has 1 fully saturated rings. The molecule has 7 heteroatoms. The van der Waals surface area contributed by atoms with E-state index < -0.39 is 0 Å². The highest BCUT2D eigenvalue weighted by atomic mass is 35.5. The lowest BCUT2D eigenvalue weighted by atomic mass is 10.2. The second-order valence-corrected chi connectivity index (χ2v) is 6.78. The molecular weight excluding hydrogens is 344 g/mol. The van der Waals surface area contributed by atoms with E-state index in [0.717, 1.165) is 35.0 Å². The van der Waals surface area contributed by atoms with Gasteiger partial charge in [-0.2, -0.15) is 0 Å². The smallest absolute Gasteiger partial charge is 0.183 e. The maximum atomic E-state index is 5.97. The molecule has 0 saturated carbocycles. The van der Waals surface area contributed by atoms with Crippen LogP contribution < -0.4 is 4.90 Å². The predicted octanol–water partition coefficient (Wildman–Crippen LogP) is 3.76. The monoisotopic (exact) mass is 358 g/mol. The Morgan fingerprint density at radius 3 is 2.54 bits per heavy atom. The van der Waals surface area contributed by atoms with Gasteiger partial charge < -0.3 is 9.64 Å². The molecule has 0 spiro atoms. The molecule has 0 aliphatic carbocycles. The average Bonchev–Trinajstić information content (AvgIpc) is 3.17. The molecule has 122 valence electrons. The van der Waals surface area contributed by atoms with Gasteiger partial charge in [0.1, 0.15) is 5.69 Å². The first kappa shape index (κ1) is 15.5. The molecule has 0 unspecified atom stereocenters. The first-order chi connectivity index (χ1) is 11.8. The maximum absolute atomic E-state index is 5.97. The Morgan fingerprint density at radius 2 is 1.83 bits per heavy atom. The summed E-state index contributed by atoms with van der Waals surface area (Å²) in [6.45, 7) is 3.00. The maximum Gasteiger partial charge on any atom is 0.183 e. The molecule has 0 N–H and O–H groups in total. The fourth-order valence-corrected chi connectivity index (χ4v) is 3.44. The minimum atomic E-state index is 0.605. The lowest BCUT2D eigenvalue weighted by Crippen LogP contribution is -2.37. The number of morpholine rings is 1. The predicted molar refractivity (Wildman–Crippen MR) is 96.6 cm³/mol. The number of nitrogens with zero attached hydrogens (tertiary/aromatic N) is 4. The van der Waals surface area contributed by atoms with Gasteiger partial charge in [0.05, 0.1) is 18.1 Å². The number of ether oxygens (including phenoxy) is 1. The van der Waals surface area contributed by atoms with Crippen molar-refractivity contribution < 1.29 is 4.74 Å². The van der Waals surface area contributed by atoms with Crippen molar-refractivity contribution in [3.63, 3.8) is 0 Å². The lowest BCUT2D eigenvalue weighted by Gasteiger charge is -2.28. The first-order valence-corrected chi connectivity index (χ1v) is 8.94. The van der Waals surface area contributed by atoms with Crippen LogP contribution in [0.1, 0.15) is 0 Å². The van der Waals surface area contributed by atoms with Gasteiger partial charge >= 0.3 is 0 Å². The second kappa shape index (κ2) is 6.84. The average molecular weight is 359 g/mol. The van der Waals surface area contributed by atoms with Crippen LogP contribution in [0.3, 0.4) is 0 Å². The topological polar surface area (TPSA) is 51.1 Å². The standard InChI is InChI=1S/C17H15ClN4OS/c18-13-5-3-12(4-6-13)16-19-17(22-7-9-23-10-8-22)15(20-21-16)14-2-1-11-24-14/h1-6,11H,7-10H2. The van der Waals surface area contributed by atoms with Gasteiger partial charge in [-0.3, -0.25) is 0 Å². The minimum Gasteiger partial charge on any atom is -0.378 e. The molecule has 0 bridgehead atoms. The quantitative estimate of drug-likeness (QED) is 0.713. The summed E-state index contributed by atoms with van der Waals surface area (Å²) >= 11 is 7.61. The molecule has 4 rings (SSSR count). The minimum absolute atomic E-state index is 0.605. The van der Waals surface area contributed by atoms with Gasteiger partial charge in [0.15, 0.2) is 11.6 Å². The van der Waals surface area contributed by atoms with Gasteiger partial charge in [-0.1, -0.05) is 17.7 Å². The first-order valence-electron chi connectivity index (χ1n) is 7.68. The third-order valence-electron chi connectivity index (χ3n) is 3.84. The largest absolute Gasteiger partial charge is 0.378 e. The summed E-state index contributed by atoms with van der Waals surface area (Å²) in [5.41, 5.74) is 1.73. The Bertz CT molecular complexity index is 817. The summed E-state index contributed by atoms with van der Waals surface area (Å²) in [6, 6.07) is 11.5. The van der Waals surface area contributed by atoms with Crippen LogP contribution in [-0.2, 0) is 4.74 Å². The van der Waals surface area contributed by atoms with Crippen LogP contribution in [-0.4, -0.2) is 41.5 Å². The molecule has 3 heterocycles. The summed E-state index contributed by atoms with van der Waals surface area (Å²) in [6.07, 6.45) is 0. The van der Waals surface area contributed by atoms with Crippen molar-refractivity contribution >= 4 is 28.8 Å². The van der Waals surface area contributed by atoms with E-state index in [0.29, 0.717) is 24.1 Å². The number of aromatic nitrogens is 3. The zero-order chi connectivity index (χ0) is 16.4. The van der Waals surface area contributed by atoms with Crippen LogP contribution in [0.15, 0.2) is 41.8 Å². The highest BCUT2D eigenvalue weighted by Gasteiger charge is 2.21. The molecule has 24 heavy (non-hydrogen) atoms. The van der Waals surface area contributed by atoms with Crippen LogP contribution in [0.25, 0.3) is 22.0 Å². The van der Waals surface area contributed by atoms with Gasteiger partial charge in [0.25, 0.3) is 0 Å². The van der Waals surface area contributed by atoms with E-state index in [4.69, 9.17) is 21.3 Å². The third-order valence-corrected chi connectivity index (χ3v) is 4.96. The number of hydrogen-bond donors (Lipinski definition) is 0. The number of halogens is 1. The normalized spacial score (nSPS) is 14.8. The fraction of sp³-hybridized carbons (Fsp3) is 0.235. The van der Waals surface area contributed by atoms with Crippen molar-refractivity contribution in [2.45, 2.75) is 0 Å². The molecule has 3 aromatic rings. The summed E-state index contributed by atoms with van der Waals surface area (Å²) in [5, 5.41) is 11.5. The highest BCUT2D eigenvalue weighted by molar-refractivity contribution is 7.13. The molecule has 0 radical (unpaired) electrons. The van der Waals surface area contributed by atoms with E-state index in [1.807, 2.05) is 41.8 Å². The van der Waals surface area contributed by atoms with E-state index >= 15 is 0 Å². The van der Waals surface area contributed by atoms with E-state index in [9.17, 15) is 0 Å². The molecular formula is C17H15ClN4OS. The van der Waals surface area contributed by atoms with Crippen molar-refractivity contribution in [3.05, 3.63) is 46.8 Å². The Balaban J connectivity index is 1.79. The van der Waals surface area contributed by atoms with Gasteiger partial charge in [-0.05, 0) is 35.7 Å². The van der Waals surface area contributed by atoms with E-state index in [-0.39, 0.29) is 0 Å². The Hall–Kier alpha value is -2.02. The van der Waals surface area contributed by atoms with Gasteiger partial charge in [0, 0.05) is 23.7 Å². The third kappa shape index (κ3) is 3.13. The second-order valence-electron chi connectivity index (χ2n) is 5.39. The number of rotatable bonds is 3. The number of hydrogen-bond acceptors (Lipinski definition) is 6. The molecule has 1 aliphatic rings. The molecule has 2 aromatic heterocycles. The van der Waals surface area contributed by atoms with Crippen molar-refractivity contribution in [3.8, 4) is 22.0 Å². The molecule has 5 nitrogen and oxygen atoms in total. The van der Waals surface area contributed by atoms with Crippen LogP contribution >= 0.6 is 22.9 Å². The molecule has 0 atom stereocenters. The molecule has 0 amide bonds.